The Hall–Kier alpha value is -2.78. The predicted octanol–water partition coefficient (Wildman–Crippen LogP) is -0.679. The average molecular weight is 422 g/mol. The molecule has 0 aromatic carbocycles. The van der Waals surface area contributed by atoms with Crippen LogP contribution in [0.1, 0.15) is 12.8 Å². The molecule has 162 valence electrons. The second kappa shape index (κ2) is 6.36. The summed E-state index contributed by atoms with van der Waals surface area (Å²) in [6, 6.07) is 0. The summed E-state index contributed by atoms with van der Waals surface area (Å²) in [5, 5.41) is 0. The van der Waals surface area contributed by atoms with Gasteiger partial charge in [-0.05, 0) is 11.8 Å². The van der Waals surface area contributed by atoms with Crippen LogP contribution in [0.25, 0.3) is 0 Å². The molecule has 6 bridgehead atoms. The van der Waals surface area contributed by atoms with Gasteiger partial charge >= 0.3 is 23.9 Å². The van der Waals surface area contributed by atoms with E-state index < -0.39 is 81.8 Å². The maximum absolute atomic E-state index is 13.3. The monoisotopic (exact) mass is 422 g/mol. The van der Waals surface area contributed by atoms with E-state index in [0.29, 0.717) is 0 Å². The lowest BCUT2D eigenvalue weighted by molar-refractivity contribution is -0.227. The SMILES string of the molecule is COC(=O)C1C2C3CC(=O)C2(C(=O)OC)C(C(=O)OC)C2C3CC(=O)C12C(=O)OC. The first-order chi connectivity index (χ1) is 14.2. The van der Waals surface area contributed by atoms with Crippen LogP contribution in [0.4, 0.5) is 0 Å². The molecule has 5 saturated carbocycles. The molecule has 8 atom stereocenters. The second-order valence-electron chi connectivity index (χ2n) is 8.36. The predicted molar refractivity (Wildman–Crippen MR) is 93.1 cm³/mol. The van der Waals surface area contributed by atoms with Crippen LogP contribution in [0.5, 0.6) is 0 Å². The van der Waals surface area contributed by atoms with Gasteiger partial charge in [0.1, 0.15) is 10.8 Å². The van der Waals surface area contributed by atoms with E-state index in [-0.39, 0.29) is 12.8 Å². The van der Waals surface area contributed by atoms with E-state index in [1.54, 1.807) is 0 Å². The maximum atomic E-state index is 13.3. The molecular weight excluding hydrogens is 400 g/mol. The van der Waals surface area contributed by atoms with Crippen LogP contribution < -0.4 is 0 Å². The molecule has 10 heteroatoms. The van der Waals surface area contributed by atoms with Crippen LogP contribution >= 0.6 is 0 Å². The zero-order valence-electron chi connectivity index (χ0n) is 17.0. The van der Waals surface area contributed by atoms with Crippen molar-refractivity contribution in [1.29, 1.82) is 0 Å². The Labute approximate surface area is 171 Å². The highest BCUT2D eigenvalue weighted by Gasteiger charge is 2.89. The molecule has 5 fully saturated rings. The van der Waals surface area contributed by atoms with Crippen molar-refractivity contribution in [3.8, 4) is 0 Å². The van der Waals surface area contributed by atoms with Gasteiger partial charge in [-0.2, -0.15) is 0 Å². The third-order valence-corrected chi connectivity index (χ3v) is 7.94. The molecule has 0 aromatic heterocycles. The highest BCUT2D eigenvalue weighted by Crippen LogP contribution is 2.77. The van der Waals surface area contributed by atoms with Crippen molar-refractivity contribution in [3.05, 3.63) is 0 Å². The normalized spacial score (nSPS) is 42.7. The molecule has 8 unspecified atom stereocenters. The Bertz CT molecular complexity index is 820. The molecule has 0 amide bonds. The van der Waals surface area contributed by atoms with E-state index in [1.807, 2.05) is 0 Å². The van der Waals surface area contributed by atoms with Gasteiger partial charge in [0, 0.05) is 24.7 Å². The van der Waals surface area contributed by atoms with Crippen molar-refractivity contribution in [3.63, 3.8) is 0 Å². The minimum absolute atomic E-state index is 0.105. The van der Waals surface area contributed by atoms with Crippen LogP contribution in [-0.2, 0) is 47.7 Å². The van der Waals surface area contributed by atoms with Gasteiger partial charge in [-0.25, -0.2) is 0 Å². The molecule has 0 aliphatic heterocycles. The number of esters is 4. The van der Waals surface area contributed by atoms with Crippen LogP contribution in [0, 0.1) is 46.3 Å². The highest BCUT2D eigenvalue weighted by molar-refractivity contribution is 6.16. The summed E-state index contributed by atoms with van der Waals surface area (Å²) in [5.74, 6) is -11.1. The van der Waals surface area contributed by atoms with Crippen molar-refractivity contribution >= 4 is 35.4 Å². The molecule has 5 aliphatic carbocycles. The van der Waals surface area contributed by atoms with Crippen molar-refractivity contribution in [2.24, 2.45) is 46.3 Å². The van der Waals surface area contributed by atoms with Crippen molar-refractivity contribution in [2.75, 3.05) is 28.4 Å². The number of ketones is 2. The van der Waals surface area contributed by atoms with Crippen molar-refractivity contribution < 1.29 is 47.7 Å². The molecule has 0 saturated heterocycles. The Morgan fingerprint density at radius 2 is 1.00 bits per heavy atom. The summed E-state index contributed by atoms with van der Waals surface area (Å²) in [4.78, 5) is 78.7. The lowest BCUT2D eigenvalue weighted by Crippen LogP contribution is -2.72. The van der Waals surface area contributed by atoms with Crippen molar-refractivity contribution in [1.82, 2.24) is 0 Å². The van der Waals surface area contributed by atoms with Gasteiger partial charge in [0.15, 0.2) is 11.6 Å². The number of carbonyl (C=O) groups excluding carboxylic acids is 6. The molecule has 5 rings (SSSR count). The number of hydrogen-bond acceptors (Lipinski definition) is 10. The zero-order valence-corrected chi connectivity index (χ0v) is 17.0. The maximum Gasteiger partial charge on any atom is 0.320 e. The molecule has 5 aliphatic rings. The lowest BCUT2D eigenvalue weighted by atomic mass is 9.38. The molecule has 10 nitrogen and oxygen atoms in total. The minimum atomic E-state index is -2.02. The molecule has 0 N–H and O–H groups in total. The molecule has 30 heavy (non-hydrogen) atoms. The van der Waals surface area contributed by atoms with Gasteiger partial charge in [-0.15, -0.1) is 0 Å². The Kier molecular flexibility index (Phi) is 4.34. The van der Waals surface area contributed by atoms with Crippen LogP contribution in [-0.4, -0.2) is 63.9 Å². The fraction of sp³-hybridized carbons (Fsp3) is 0.700. The molecule has 0 spiro atoms. The largest absolute Gasteiger partial charge is 0.469 e. The van der Waals surface area contributed by atoms with E-state index in [0.717, 1.165) is 28.4 Å². The summed E-state index contributed by atoms with van der Waals surface area (Å²) >= 11 is 0. The van der Waals surface area contributed by atoms with E-state index in [1.165, 1.54) is 0 Å². The third kappa shape index (κ3) is 1.86. The number of hydrogen-bond donors (Lipinski definition) is 0. The standard InChI is InChI=1S/C20H22O10/c1-27-15(23)13-11-7-5-10(22)20(11,18(26)30-4)14(16(24)28-2)12-8(7)6-9(21)19(12,13)17(25)29-3/h7-8,11-14H,5-6H2,1-4H3. The fourth-order valence-corrected chi connectivity index (χ4v) is 7.26. The van der Waals surface area contributed by atoms with E-state index in [9.17, 15) is 28.8 Å². The summed E-state index contributed by atoms with van der Waals surface area (Å²) in [6.45, 7) is 0. The second-order valence-corrected chi connectivity index (χ2v) is 8.36. The van der Waals surface area contributed by atoms with Crippen LogP contribution in [0.3, 0.4) is 0 Å². The number of carbonyl (C=O) groups is 6. The highest BCUT2D eigenvalue weighted by atomic mass is 16.5. The topological polar surface area (TPSA) is 139 Å². The van der Waals surface area contributed by atoms with Crippen molar-refractivity contribution in [2.45, 2.75) is 12.8 Å². The summed E-state index contributed by atoms with van der Waals surface area (Å²) in [6.07, 6.45) is -0.209. The Morgan fingerprint density at radius 3 is 1.27 bits per heavy atom. The molecule has 0 aromatic rings. The van der Waals surface area contributed by atoms with E-state index in [4.69, 9.17) is 18.9 Å². The molecular formula is C20H22O10. The van der Waals surface area contributed by atoms with Gasteiger partial charge in [-0.1, -0.05) is 0 Å². The zero-order chi connectivity index (χ0) is 22.2. The van der Waals surface area contributed by atoms with Gasteiger partial charge in [0.2, 0.25) is 0 Å². The first-order valence-corrected chi connectivity index (χ1v) is 9.60. The smallest absolute Gasteiger partial charge is 0.320 e. The quantitative estimate of drug-likeness (QED) is 0.325. The van der Waals surface area contributed by atoms with Gasteiger partial charge in [0.05, 0.1) is 40.3 Å². The summed E-state index contributed by atoms with van der Waals surface area (Å²) < 4.78 is 19.7. The minimum Gasteiger partial charge on any atom is -0.469 e. The van der Waals surface area contributed by atoms with Crippen LogP contribution in [0.15, 0.2) is 0 Å². The summed E-state index contributed by atoms with van der Waals surface area (Å²) in [5.41, 5.74) is -4.04. The van der Waals surface area contributed by atoms with Gasteiger partial charge in [0.25, 0.3) is 0 Å². The first kappa shape index (κ1) is 20.5. The Balaban J connectivity index is 2.10. The summed E-state index contributed by atoms with van der Waals surface area (Å²) in [7, 11) is 4.35. The van der Waals surface area contributed by atoms with Gasteiger partial charge < -0.3 is 18.9 Å². The number of methoxy groups -OCH3 is 4. The first-order valence-electron chi connectivity index (χ1n) is 9.60. The van der Waals surface area contributed by atoms with Gasteiger partial charge in [-0.3, -0.25) is 28.8 Å². The Morgan fingerprint density at radius 1 is 0.667 bits per heavy atom. The lowest BCUT2D eigenvalue weighted by Gasteiger charge is -2.60. The number of Topliss-reactive ketones (excluding diaryl/α,β-unsaturated/α-hetero) is 2. The fourth-order valence-electron chi connectivity index (χ4n) is 7.26. The molecule has 0 radical (unpaired) electrons. The number of rotatable bonds is 4. The molecule has 0 heterocycles. The third-order valence-electron chi connectivity index (χ3n) is 7.94. The average Bonchev–Trinajstić information content (AvgIpc) is 3.16. The number of ether oxygens (including phenoxy) is 4. The van der Waals surface area contributed by atoms with E-state index in [2.05, 4.69) is 0 Å². The van der Waals surface area contributed by atoms with E-state index >= 15 is 0 Å². The van der Waals surface area contributed by atoms with Crippen LogP contribution in [0.2, 0.25) is 0 Å².